The van der Waals surface area contributed by atoms with Gasteiger partial charge in [-0.3, -0.25) is 9.59 Å². The third kappa shape index (κ3) is 5.45. The van der Waals surface area contributed by atoms with Crippen LogP contribution in [0.5, 0.6) is 11.5 Å². The maximum Gasteiger partial charge on any atom is 0.252 e. The van der Waals surface area contributed by atoms with Crippen molar-refractivity contribution >= 4 is 16.8 Å². The molecule has 0 saturated carbocycles. The normalized spacial score (nSPS) is 12.0. The molecule has 0 aliphatic rings. The quantitative estimate of drug-likeness (QED) is 0.536. The predicted molar refractivity (Wildman–Crippen MR) is 123 cm³/mol. The smallest absolute Gasteiger partial charge is 0.252 e. The zero-order valence-corrected chi connectivity index (χ0v) is 18.5. The lowest BCUT2D eigenvalue weighted by molar-refractivity contribution is -0.121. The summed E-state index contributed by atoms with van der Waals surface area (Å²) in [5.74, 6) is 1.29. The molecule has 6 nitrogen and oxygen atoms in total. The summed E-state index contributed by atoms with van der Waals surface area (Å²) in [7, 11) is 0. The second-order valence-corrected chi connectivity index (χ2v) is 7.75. The van der Waals surface area contributed by atoms with Crippen LogP contribution in [-0.2, 0) is 11.2 Å². The van der Waals surface area contributed by atoms with Gasteiger partial charge in [-0.15, -0.1) is 0 Å². The first-order valence-electron chi connectivity index (χ1n) is 10.7. The van der Waals surface area contributed by atoms with E-state index in [4.69, 9.17) is 9.47 Å². The maximum atomic E-state index is 12.8. The van der Waals surface area contributed by atoms with Crippen molar-refractivity contribution in [2.75, 3.05) is 13.2 Å². The number of aromatic nitrogens is 1. The molecule has 1 atom stereocenters. The van der Waals surface area contributed by atoms with Gasteiger partial charge < -0.3 is 19.8 Å². The summed E-state index contributed by atoms with van der Waals surface area (Å²) in [6.07, 6.45) is 0.0126. The van der Waals surface area contributed by atoms with Crippen molar-refractivity contribution in [3.8, 4) is 11.5 Å². The number of H-pyrrole nitrogens is 1. The summed E-state index contributed by atoms with van der Waals surface area (Å²) in [5.41, 5.74) is 1.90. The average Bonchev–Trinajstić information content (AvgIpc) is 2.74. The van der Waals surface area contributed by atoms with E-state index in [0.717, 1.165) is 16.5 Å². The molecule has 2 aromatic carbocycles. The molecule has 0 bridgehead atoms. The second kappa shape index (κ2) is 10.2. The minimum absolute atomic E-state index is 0.0126. The Labute approximate surface area is 182 Å². The van der Waals surface area contributed by atoms with Gasteiger partial charge in [-0.1, -0.05) is 38.1 Å². The van der Waals surface area contributed by atoms with Gasteiger partial charge in [-0.05, 0) is 55.0 Å². The van der Waals surface area contributed by atoms with Gasteiger partial charge >= 0.3 is 0 Å². The number of rotatable bonds is 9. The van der Waals surface area contributed by atoms with E-state index in [-0.39, 0.29) is 29.8 Å². The number of pyridine rings is 1. The lowest BCUT2D eigenvalue weighted by atomic mass is 9.95. The van der Waals surface area contributed by atoms with Crippen molar-refractivity contribution in [3.63, 3.8) is 0 Å². The zero-order chi connectivity index (χ0) is 22.4. The van der Waals surface area contributed by atoms with Gasteiger partial charge in [0.15, 0.2) is 11.5 Å². The van der Waals surface area contributed by atoms with Crippen LogP contribution in [0.15, 0.2) is 53.3 Å². The number of aromatic amines is 1. The van der Waals surface area contributed by atoms with E-state index in [2.05, 4.69) is 10.3 Å². The third-order valence-corrected chi connectivity index (χ3v) is 5.09. The molecule has 6 heteroatoms. The van der Waals surface area contributed by atoms with Crippen LogP contribution in [0.2, 0.25) is 0 Å². The fourth-order valence-electron chi connectivity index (χ4n) is 3.62. The highest BCUT2D eigenvalue weighted by Gasteiger charge is 2.21. The number of fused-ring (bicyclic) bond motifs is 1. The lowest BCUT2D eigenvalue weighted by Crippen LogP contribution is -2.34. The fourth-order valence-corrected chi connectivity index (χ4v) is 3.62. The van der Waals surface area contributed by atoms with Crippen LogP contribution in [0, 0.1) is 5.92 Å². The van der Waals surface area contributed by atoms with E-state index in [1.54, 1.807) is 6.07 Å². The van der Waals surface area contributed by atoms with Gasteiger partial charge in [0.05, 0.1) is 25.7 Å². The van der Waals surface area contributed by atoms with E-state index in [1.165, 1.54) is 0 Å². The van der Waals surface area contributed by atoms with Crippen LogP contribution in [0.1, 0.15) is 44.9 Å². The summed E-state index contributed by atoms with van der Waals surface area (Å²) in [5, 5.41) is 3.99. The van der Waals surface area contributed by atoms with Crippen molar-refractivity contribution in [1.29, 1.82) is 0 Å². The Morgan fingerprint density at radius 1 is 1.00 bits per heavy atom. The Hall–Kier alpha value is -3.28. The summed E-state index contributed by atoms with van der Waals surface area (Å²) in [4.78, 5) is 28.1. The molecule has 1 amide bonds. The summed E-state index contributed by atoms with van der Waals surface area (Å²) in [6, 6.07) is 14.8. The van der Waals surface area contributed by atoms with E-state index in [0.29, 0.717) is 30.3 Å². The van der Waals surface area contributed by atoms with Gasteiger partial charge in [0, 0.05) is 11.1 Å². The van der Waals surface area contributed by atoms with Crippen LogP contribution in [0.25, 0.3) is 10.9 Å². The number of amides is 1. The van der Waals surface area contributed by atoms with Crippen LogP contribution in [0.4, 0.5) is 0 Å². The maximum absolute atomic E-state index is 12.8. The Morgan fingerprint density at radius 3 is 2.42 bits per heavy atom. The van der Waals surface area contributed by atoms with Crippen molar-refractivity contribution in [1.82, 2.24) is 10.3 Å². The summed E-state index contributed by atoms with van der Waals surface area (Å²) >= 11 is 0. The number of nitrogens with one attached hydrogen (secondary N) is 2. The predicted octanol–water partition coefficient (Wildman–Crippen LogP) is 4.38. The second-order valence-electron chi connectivity index (χ2n) is 7.75. The molecule has 164 valence electrons. The molecular weight excluding hydrogens is 392 g/mol. The Kier molecular flexibility index (Phi) is 7.34. The number of hydrogen-bond acceptors (Lipinski definition) is 4. The van der Waals surface area contributed by atoms with Crippen LogP contribution in [0.3, 0.4) is 0 Å². The molecule has 1 heterocycles. The van der Waals surface area contributed by atoms with E-state index < -0.39 is 0 Å². The summed E-state index contributed by atoms with van der Waals surface area (Å²) in [6.45, 7) is 9.01. The number of para-hydroxylation sites is 1. The van der Waals surface area contributed by atoms with Gasteiger partial charge in [0.1, 0.15) is 0 Å². The van der Waals surface area contributed by atoms with E-state index >= 15 is 0 Å². The topological polar surface area (TPSA) is 80.4 Å². The number of hydrogen-bond donors (Lipinski definition) is 2. The molecule has 3 aromatic rings. The molecule has 0 aliphatic heterocycles. The van der Waals surface area contributed by atoms with E-state index in [1.807, 2.05) is 70.2 Å². The Morgan fingerprint density at radius 2 is 1.71 bits per heavy atom. The molecule has 0 radical (unpaired) electrons. The first kappa shape index (κ1) is 22.4. The van der Waals surface area contributed by atoms with Gasteiger partial charge in [0.2, 0.25) is 5.91 Å². The first-order chi connectivity index (χ1) is 14.9. The Balaban J connectivity index is 1.82. The molecule has 0 saturated heterocycles. The number of carbonyl (C=O) groups is 1. The first-order valence-corrected chi connectivity index (χ1v) is 10.7. The minimum Gasteiger partial charge on any atom is -0.490 e. The Bertz CT molecular complexity index is 1100. The van der Waals surface area contributed by atoms with Crippen molar-refractivity contribution in [3.05, 3.63) is 70.0 Å². The summed E-state index contributed by atoms with van der Waals surface area (Å²) < 4.78 is 11.4. The SMILES string of the molecule is CCOc1ccc(C(NC(=O)Cc2cc3ccccc3[nH]c2=O)C(C)C)cc1OCC. The number of carbonyl (C=O) groups excluding carboxylic acids is 1. The molecule has 0 fully saturated rings. The average molecular weight is 423 g/mol. The molecule has 3 rings (SSSR count). The van der Waals surface area contributed by atoms with Gasteiger partial charge in [-0.2, -0.15) is 0 Å². The number of ether oxygens (including phenoxy) is 2. The highest BCUT2D eigenvalue weighted by atomic mass is 16.5. The van der Waals surface area contributed by atoms with Crippen LogP contribution in [-0.4, -0.2) is 24.1 Å². The molecule has 1 aromatic heterocycles. The molecular formula is C25H30N2O4. The van der Waals surface area contributed by atoms with Crippen molar-refractivity contribution < 1.29 is 14.3 Å². The highest BCUT2D eigenvalue weighted by molar-refractivity contribution is 5.82. The monoisotopic (exact) mass is 422 g/mol. The fraction of sp³-hybridized carbons (Fsp3) is 0.360. The molecule has 0 aliphatic carbocycles. The molecule has 0 spiro atoms. The van der Waals surface area contributed by atoms with Gasteiger partial charge in [0.25, 0.3) is 5.56 Å². The standard InChI is InChI=1S/C25H30N2O4/c1-5-30-21-12-11-18(14-22(21)31-6-2)24(16(3)4)27-23(28)15-19-13-17-9-7-8-10-20(17)26-25(19)29/h7-14,16,24H,5-6,15H2,1-4H3,(H,26,29)(H,27,28). The highest BCUT2D eigenvalue weighted by Crippen LogP contribution is 2.33. The van der Waals surface area contributed by atoms with Crippen molar-refractivity contribution in [2.24, 2.45) is 5.92 Å². The molecule has 31 heavy (non-hydrogen) atoms. The largest absolute Gasteiger partial charge is 0.490 e. The van der Waals surface area contributed by atoms with E-state index in [9.17, 15) is 9.59 Å². The lowest BCUT2D eigenvalue weighted by Gasteiger charge is -2.24. The van der Waals surface area contributed by atoms with Gasteiger partial charge in [-0.25, -0.2) is 0 Å². The zero-order valence-electron chi connectivity index (χ0n) is 18.5. The van der Waals surface area contributed by atoms with Crippen LogP contribution >= 0.6 is 0 Å². The van der Waals surface area contributed by atoms with Crippen LogP contribution < -0.4 is 20.3 Å². The molecule has 2 N–H and O–H groups in total. The third-order valence-electron chi connectivity index (χ3n) is 5.09. The minimum atomic E-state index is -0.241. The number of benzene rings is 2. The molecule has 1 unspecified atom stereocenters. The van der Waals surface area contributed by atoms with Crippen molar-refractivity contribution in [2.45, 2.75) is 40.2 Å².